The van der Waals surface area contributed by atoms with Crippen molar-refractivity contribution >= 4 is 17.5 Å². The number of aromatic nitrogens is 2. The van der Waals surface area contributed by atoms with Gasteiger partial charge in [0.1, 0.15) is 5.69 Å². The van der Waals surface area contributed by atoms with Crippen LogP contribution in [0.2, 0.25) is 5.02 Å². The van der Waals surface area contributed by atoms with Gasteiger partial charge in [-0.1, -0.05) is 72.3 Å². The Kier molecular flexibility index (Phi) is 5.74. The minimum atomic E-state index is -0.106. The monoisotopic (exact) mass is 367 g/mol. The van der Waals surface area contributed by atoms with E-state index in [1.165, 1.54) is 0 Å². The van der Waals surface area contributed by atoms with Gasteiger partial charge in [0, 0.05) is 19.6 Å². The summed E-state index contributed by atoms with van der Waals surface area (Å²) in [4.78, 5) is 15.2. The molecule has 0 atom stereocenters. The Balaban J connectivity index is 1.95. The van der Waals surface area contributed by atoms with Crippen LogP contribution >= 0.6 is 11.6 Å². The Labute approximate surface area is 159 Å². The summed E-state index contributed by atoms with van der Waals surface area (Å²) >= 11 is 6.41. The average molecular weight is 368 g/mol. The Hall–Kier alpha value is -2.59. The van der Waals surface area contributed by atoms with E-state index in [1.807, 2.05) is 79.4 Å². The van der Waals surface area contributed by atoms with E-state index < -0.39 is 0 Å². The highest BCUT2D eigenvalue weighted by Crippen LogP contribution is 2.23. The van der Waals surface area contributed by atoms with E-state index in [4.69, 9.17) is 11.6 Å². The van der Waals surface area contributed by atoms with E-state index in [2.05, 4.69) is 5.10 Å². The smallest absolute Gasteiger partial charge is 0.274 e. The van der Waals surface area contributed by atoms with Crippen LogP contribution < -0.4 is 0 Å². The largest absolute Gasteiger partial charge is 0.329 e. The Morgan fingerprint density at radius 2 is 1.50 bits per heavy atom. The number of halogens is 1. The molecule has 0 aliphatic carbocycles. The Morgan fingerprint density at radius 3 is 1.96 bits per heavy atom. The molecule has 3 aromatic rings. The van der Waals surface area contributed by atoms with Crippen molar-refractivity contribution in [1.29, 1.82) is 0 Å². The number of amides is 1. The highest BCUT2D eigenvalue weighted by Gasteiger charge is 2.25. The van der Waals surface area contributed by atoms with Gasteiger partial charge in [0.15, 0.2) is 0 Å². The zero-order valence-corrected chi connectivity index (χ0v) is 15.8. The van der Waals surface area contributed by atoms with Crippen molar-refractivity contribution in [3.8, 4) is 0 Å². The molecule has 0 spiro atoms. The second-order valence-electron chi connectivity index (χ2n) is 6.20. The summed E-state index contributed by atoms with van der Waals surface area (Å²) in [5.74, 6) is -0.106. The van der Waals surface area contributed by atoms with E-state index >= 15 is 0 Å². The molecule has 0 saturated carbocycles. The van der Waals surface area contributed by atoms with Crippen LogP contribution in [-0.4, -0.2) is 20.6 Å². The first-order valence-electron chi connectivity index (χ1n) is 8.70. The van der Waals surface area contributed by atoms with Gasteiger partial charge in [-0.3, -0.25) is 9.48 Å². The third-order valence-electron chi connectivity index (χ3n) is 4.28. The number of benzene rings is 2. The number of hydrogen-bond acceptors (Lipinski definition) is 2. The molecule has 0 radical (unpaired) electrons. The van der Waals surface area contributed by atoms with Crippen LogP contribution in [0.1, 0.15) is 34.2 Å². The molecule has 2 aromatic carbocycles. The fourth-order valence-corrected chi connectivity index (χ4v) is 3.17. The van der Waals surface area contributed by atoms with Crippen LogP contribution in [0.25, 0.3) is 0 Å². The number of carbonyl (C=O) groups is 1. The molecule has 3 rings (SSSR count). The zero-order chi connectivity index (χ0) is 18.5. The van der Waals surface area contributed by atoms with Gasteiger partial charge in [-0.2, -0.15) is 5.10 Å². The van der Waals surface area contributed by atoms with Gasteiger partial charge in [-0.25, -0.2) is 0 Å². The summed E-state index contributed by atoms with van der Waals surface area (Å²) in [6.07, 6.45) is 0. The van der Waals surface area contributed by atoms with Gasteiger partial charge in [-0.15, -0.1) is 0 Å². The predicted molar refractivity (Wildman–Crippen MR) is 104 cm³/mol. The molecule has 0 aliphatic rings. The van der Waals surface area contributed by atoms with E-state index in [9.17, 15) is 4.79 Å². The highest BCUT2D eigenvalue weighted by atomic mass is 35.5. The molecular weight excluding hydrogens is 346 g/mol. The van der Waals surface area contributed by atoms with Gasteiger partial charge in [0.2, 0.25) is 0 Å². The van der Waals surface area contributed by atoms with Crippen molar-refractivity contribution in [3.63, 3.8) is 0 Å². The number of rotatable bonds is 6. The van der Waals surface area contributed by atoms with E-state index in [0.29, 0.717) is 36.0 Å². The first-order valence-corrected chi connectivity index (χ1v) is 9.08. The number of hydrogen-bond donors (Lipinski definition) is 0. The first kappa shape index (κ1) is 18.2. The van der Waals surface area contributed by atoms with E-state index in [1.54, 1.807) is 4.68 Å². The standard InChI is InChI=1S/C21H22ClN3O/c1-3-25-20(19(22)16(2)23-25)21(26)24(14-17-10-6-4-7-11-17)15-18-12-8-5-9-13-18/h4-13H,3,14-15H2,1-2H3. The lowest BCUT2D eigenvalue weighted by Crippen LogP contribution is -2.32. The normalized spacial score (nSPS) is 10.7. The molecule has 1 aromatic heterocycles. The predicted octanol–water partition coefficient (Wildman–Crippen LogP) is 4.71. The third-order valence-corrected chi connectivity index (χ3v) is 4.73. The van der Waals surface area contributed by atoms with Gasteiger partial charge in [0.05, 0.1) is 10.7 Å². The fourth-order valence-electron chi connectivity index (χ4n) is 2.95. The van der Waals surface area contributed by atoms with Crippen molar-refractivity contribution in [1.82, 2.24) is 14.7 Å². The van der Waals surface area contributed by atoms with Gasteiger partial charge < -0.3 is 4.90 Å². The maximum absolute atomic E-state index is 13.3. The van der Waals surface area contributed by atoms with Crippen LogP contribution in [0.15, 0.2) is 60.7 Å². The molecular formula is C21H22ClN3O. The quantitative estimate of drug-likeness (QED) is 0.633. The molecule has 0 unspecified atom stereocenters. The molecule has 0 bridgehead atoms. The minimum absolute atomic E-state index is 0.106. The SMILES string of the molecule is CCn1nc(C)c(Cl)c1C(=O)N(Cc1ccccc1)Cc1ccccc1. The number of nitrogens with zero attached hydrogens (tertiary/aromatic N) is 3. The molecule has 0 N–H and O–H groups in total. The number of aryl methyl sites for hydroxylation is 2. The lowest BCUT2D eigenvalue weighted by molar-refractivity contribution is 0.0717. The van der Waals surface area contributed by atoms with Crippen molar-refractivity contribution in [2.24, 2.45) is 0 Å². The van der Waals surface area contributed by atoms with Crippen molar-refractivity contribution in [2.45, 2.75) is 33.5 Å². The van der Waals surface area contributed by atoms with Crippen LogP contribution in [-0.2, 0) is 19.6 Å². The molecule has 0 aliphatic heterocycles. The molecule has 0 saturated heterocycles. The lowest BCUT2D eigenvalue weighted by Gasteiger charge is -2.23. The third kappa shape index (κ3) is 3.97. The summed E-state index contributed by atoms with van der Waals surface area (Å²) < 4.78 is 1.68. The topological polar surface area (TPSA) is 38.1 Å². The summed E-state index contributed by atoms with van der Waals surface area (Å²) in [6.45, 7) is 5.40. The molecule has 5 heteroatoms. The lowest BCUT2D eigenvalue weighted by atomic mass is 10.1. The molecule has 1 heterocycles. The molecule has 26 heavy (non-hydrogen) atoms. The fraction of sp³-hybridized carbons (Fsp3) is 0.238. The minimum Gasteiger partial charge on any atom is -0.329 e. The highest BCUT2D eigenvalue weighted by molar-refractivity contribution is 6.34. The average Bonchev–Trinajstić information content (AvgIpc) is 2.96. The Bertz CT molecular complexity index is 834. The molecule has 0 fully saturated rings. The van der Waals surface area contributed by atoms with Crippen LogP contribution in [0.5, 0.6) is 0 Å². The van der Waals surface area contributed by atoms with E-state index in [0.717, 1.165) is 11.1 Å². The summed E-state index contributed by atoms with van der Waals surface area (Å²) in [7, 11) is 0. The van der Waals surface area contributed by atoms with Gasteiger partial charge in [-0.05, 0) is 25.0 Å². The second kappa shape index (κ2) is 8.19. The second-order valence-corrected chi connectivity index (χ2v) is 6.57. The van der Waals surface area contributed by atoms with Crippen LogP contribution in [0, 0.1) is 6.92 Å². The molecule has 1 amide bonds. The van der Waals surface area contributed by atoms with E-state index in [-0.39, 0.29) is 5.91 Å². The van der Waals surface area contributed by atoms with Gasteiger partial charge in [0.25, 0.3) is 5.91 Å². The molecule has 4 nitrogen and oxygen atoms in total. The van der Waals surface area contributed by atoms with Crippen molar-refractivity contribution < 1.29 is 4.79 Å². The molecule has 134 valence electrons. The summed E-state index contributed by atoms with van der Waals surface area (Å²) in [6, 6.07) is 20.0. The maximum atomic E-state index is 13.3. The van der Waals surface area contributed by atoms with Crippen LogP contribution in [0.3, 0.4) is 0 Å². The van der Waals surface area contributed by atoms with Crippen molar-refractivity contribution in [2.75, 3.05) is 0 Å². The zero-order valence-electron chi connectivity index (χ0n) is 15.0. The first-order chi connectivity index (χ1) is 12.6. The van der Waals surface area contributed by atoms with Crippen LogP contribution in [0.4, 0.5) is 0 Å². The van der Waals surface area contributed by atoms with Gasteiger partial charge >= 0.3 is 0 Å². The maximum Gasteiger partial charge on any atom is 0.274 e. The Morgan fingerprint density at radius 1 is 1.00 bits per heavy atom. The van der Waals surface area contributed by atoms with Crippen molar-refractivity contribution in [3.05, 3.63) is 88.2 Å². The number of carbonyl (C=O) groups excluding carboxylic acids is 1. The summed E-state index contributed by atoms with van der Waals surface area (Å²) in [5.41, 5.74) is 3.29. The summed E-state index contributed by atoms with van der Waals surface area (Å²) in [5, 5.41) is 4.82.